The monoisotopic (exact) mass is 385 g/mol. The van der Waals surface area contributed by atoms with E-state index in [1.165, 1.54) is 7.11 Å². The molecule has 1 saturated heterocycles. The first kappa shape index (κ1) is 22.3. The molecule has 1 fully saturated rings. The van der Waals surface area contributed by atoms with E-state index < -0.39 is 29.5 Å². The van der Waals surface area contributed by atoms with Crippen LogP contribution >= 0.6 is 0 Å². The van der Waals surface area contributed by atoms with Crippen molar-refractivity contribution in [2.45, 2.75) is 12.5 Å². The van der Waals surface area contributed by atoms with E-state index in [1.807, 2.05) is 4.90 Å². The molecule has 0 radical (unpaired) electrons. The van der Waals surface area contributed by atoms with E-state index in [0.29, 0.717) is 32.4 Å². The van der Waals surface area contributed by atoms with E-state index in [9.17, 15) is 19.2 Å². The molecule has 0 amide bonds. The van der Waals surface area contributed by atoms with Crippen molar-refractivity contribution >= 4 is 23.9 Å². The minimum atomic E-state index is -1.29. The lowest BCUT2D eigenvalue weighted by atomic mass is 10.1. The molecule has 10 heteroatoms. The average Bonchev–Trinajstić information content (AvgIpc) is 2.63. The van der Waals surface area contributed by atoms with Crippen molar-refractivity contribution in [3.8, 4) is 0 Å². The molecule has 150 valence electrons. The number of esters is 3. The summed E-state index contributed by atoms with van der Waals surface area (Å²) in [6, 6.07) is 0. The van der Waals surface area contributed by atoms with Crippen molar-refractivity contribution < 1.29 is 43.2 Å². The zero-order valence-electron chi connectivity index (χ0n) is 15.2. The van der Waals surface area contributed by atoms with Crippen LogP contribution in [0.3, 0.4) is 0 Å². The molecular weight excluding hydrogens is 362 g/mol. The summed E-state index contributed by atoms with van der Waals surface area (Å²) in [4.78, 5) is 47.1. The Morgan fingerprint density at radius 1 is 1.04 bits per heavy atom. The SMILES string of the molecule is COC(=O)/C=C/C(=O)O[C@](C)(COC(=O)/C=C/C(=O)O)CN1CCOCC1. The number of carbonyl (C=O) groups excluding carboxylic acids is 3. The second kappa shape index (κ2) is 11.1. The van der Waals surface area contributed by atoms with Crippen LogP contribution in [0, 0.1) is 0 Å². The zero-order valence-corrected chi connectivity index (χ0v) is 15.2. The topological polar surface area (TPSA) is 129 Å². The molecule has 27 heavy (non-hydrogen) atoms. The summed E-state index contributed by atoms with van der Waals surface area (Å²) in [6.45, 7) is 3.78. The number of carboxylic acid groups (broad SMARTS) is 1. The second-order valence-corrected chi connectivity index (χ2v) is 5.90. The molecule has 0 unspecified atom stereocenters. The van der Waals surface area contributed by atoms with Gasteiger partial charge in [0.1, 0.15) is 6.61 Å². The van der Waals surface area contributed by atoms with E-state index >= 15 is 0 Å². The number of carboxylic acids is 1. The van der Waals surface area contributed by atoms with Crippen LogP contribution in [0.4, 0.5) is 0 Å². The van der Waals surface area contributed by atoms with Gasteiger partial charge in [-0.05, 0) is 6.92 Å². The smallest absolute Gasteiger partial charge is 0.331 e. The predicted molar refractivity (Wildman–Crippen MR) is 90.6 cm³/mol. The lowest BCUT2D eigenvalue weighted by Gasteiger charge is -2.36. The van der Waals surface area contributed by atoms with Crippen LogP contribution in [0.1, 0.15) is 6.92 Å². The summed E-state index contributed by atoms with van der Waals surface area (Å²) >= 11 is 0. The summed E-state index contributed by atoms with van der Waals surface area (Å²) in [5.74, 6) is -3.70. The maximum Gasteiger partial charge on any atom is 0.331 e. The van der Waals surface area contributed by atoms with Crippen molar-refractivity contribution in [2.24, 2.45) is 0 Å². The highest BCUT2D eigenvalue weighted by molar-refractivity contribution is 5.92. The van der Waals surface area contributed by atoms with Crippen LogP contribution in [0.15, 0.2) is 24.3 Å². The number of rotatable bonds is 9. The first-order valence-electron chi connectivity index (χ1n) is 8.11. The fourth-order valence-electron chi connectivity index (χ4n) is 2.23. The van der Waals surface area contributed by atoms with Crippen LogP contribution in [-0.4, -0.2) is 86.0 Å². The molecule has 1 N–H and O–H groups in total. The van der Waals surface area contributed by atoms with Gasteiger partial charge in [-0.15, -0.1) is 0 Å². The molecular formula is C17H23NO9. The molecule has 0 aromatic heterocycles. The van der Waals surface area contributed by atoms with E-state index in [0.717, 1.165) is 18.2 Å². The molecule has 0 saturated carbocycles. The van der Waals surface area contributed by atoms with Gasteiger partial charge in [-0.3, -0.25) is 4.90 Å². The third kappa shape index (κ3) is 9.52. The van der Waals surface area contributed by atoms with Gasteiger partial charge in [-0.2, -0.15) is 0 Å². The highest BCUT2D eigenvalue weighted by Gasteiger charge is 2.33. The summed E-state index contributed by atoms with van der Waals surface area (Å²) < 4.78 is 20.0. The zero-order chi connectivity index (χ0) is 20.3. The molecule has 0 aromatic rings. The summed E-state index contributed by atoms with van der Waals surface area (Å²) in [5, 5.41) is 8.52. The molecule has 1 aliphatic heterocycles. The Labute approximate surface area is 156 Å². The van der Waals surface area contributed by atoms with E-state index in [2.05, 4.69) is 4.74 Å². The fraction of sp³-hybridized carbons (Fsp3) is 0.529. The number of carbonyl (C=O) groups is 4. The lowest BCUT2D eigenvalue weighted by Crippen LogP contribution is -2.50. The summed E-state index contributed by atoms with van der Waals surface area (Å²) in [5.41, 5.74) is -1.22. The van der Waals surface area contributed by atoms with Gasteiger partial charge in [0.15, 0.2) is 5.60 Å². The Balaban J connectivity index is 2.76. The Hall–Kier alpha value is -2.72. The van der Waals surface area contributed by atoms with Gasteiger partial charge in [0.05, 0.1) is 20.3 Å². The number of aliphatic carboxylic acids is 1. The van der Waals surface area contributed by atoms with Crippen LogP contribution in [0.25, 0.3) is 0 Å². The van der Waals surface area contributed by atoms with Crippen LogP contribution in [-0.2, 0) is 38.1 Å². The van der Waals surface area contributed by atoms with Gasteiger partial charge in [0.25, 0.3) is 0 Å². The molecule has 0 spiro atoms. The number of methoxy groups -OCH3 is 1. The maximum absolute atomic E-state index is 12.0. The molecule has 1 rings (SSSR count). The molecule has 0 aromatic carbocycles. The predicted octanol–water partition coefficient (Wildman–Crippen LogP) is -0.466. The standard InChI is InChI=1S/C17H23NO9/c1-17(11-18-7-9-25-10-8-18,12-26-15(22)4-3-13(19)20)27-16(23)6-5-14(21)24-2/h3-6H,7-12H2,1-2H3,(H,19,20)/b4-3+,6-5+/t17-/m0/s1. The first-order chi connectivity index (χ1) is 12.7. The third-order valence-corrected chi connectivity index (χ3v) is 3.45. The number of ether oxygens (including phenoxy) is 4. The normalized spacial score (nSPS) is 17.4. The molecule has 0 aliphatic carbocycles. The Morgan fingerprint density at radius 2 is 1.63 bits per heavy atom. The minimum Gasteiger partial charge on any atom is -0.478 e. The van der Waals surface area contributed by atoms with Crippen LogP contribution in [0.5, 0.6) is 0 Å². The van der Waals surface area contributed by atoms with Crippen LogP contribution in [0.2, 0.25) is 0 Å². The molecule has 10 nitrogen and oxygen atoms in total. The quantitative estimate of drug-likeness (QED) is 0.316. The summed E-state index contributed by atoms with van der Waals surface area (Å²) in [7, 11) is 1.17. The Kier molecular flexibility index (Phi) is 9.17. The van der Waals surface area contributed by atoms with Crippen LogP contribution < -0.4 is 0 Å². The number of nitrogens with zero attached hydrogens (tertiary/aromatic N) is 1. The average molecular weight is 385 g/mol. The molecule has 1 heterocycles. The number of morpholine rings is 1. The third-order valence-electron chi connectivity index (χ3n) is 3.45. The highest BCUT2D eigenvalue weighted by Crippen LogP contribution is 2.16. The largest absolute Gasteiger partial charge is 0.478 e. The van der Waals surface area contributed by atoms with Gasteiger partial charge < -0.3 is 24.1 Å². The minimum absolute atomic E-state index is 0.254. The second-order valence-electron chi connectivity index (χ2n) is 5.90. The van der Waals surface area contributed by atoms with E-state index in [-0.39, 0.29) is 13.2 Å². The summed E-state index contributed by atoms with van der Waals surface area (Å²) in [6.07, 6.45) is 3.23. The molecule has 0 bridgehead atoms. The van der Waals surface area contributed by atoms with Crippen molar-refractivity contribution in [2.75, 3.05) is 46.6 Å². The van der Waals surface area contributed by atoms with Gasteiger partial charge in [-0.25, -0.2) is 19.2 Å². The Morgan fingerprint density at radius 3 is 2.22 bits per heavy atom. The fourth-order valence-corrected chi connectivity index (χ4v) is 2.23. The van der Waals surface area contributed by atoms with Gasteiger partial charge in [0.2, 0.25) is 0 Å². The van der Waals surface area contributed by atoms with Gasteiger partial charge in [-0.1, -0.05) is 0 Å². The highest BCUT2D eigenvalue weighted by atomic mass is 16.6. The Bertz CT molecular complexity index is 608. The van der Waals surface area contributed by atoms with Gasteiger partial charge in [0, 0.05) is 43.9 Å². The van der Waals surface area contributed by atoms with E-state index in [4.69, 9.17) is 19.3 Å². The van der Waals surface area contributed by atoms with Crippen molar-refractivity contribution in [1.29, 1.82) is 0 Å². The van der Waals surface area contributed by atoms with E-state index in [1.54, 1.807) is 6.92 Å². The number of hydrogen-bond acceptors (Lipinski definition) is 9. The molecule has 1 atom stereocenters. The van der Waals surface area contributed by atoms with Crippen molar-refractivity contribution in [1.82, 2.24) is 4.90 Å². The van der Waals surface area contributed by atoms with Crippen molar-refractivity contribution in [3.63, 3.8) is 0 Å². The van der Waals surface area contributed by atoms with Gasteiger partial charge >= 0.3 is 23.9 Å². The molecule has 1 aliphatic rings. The maximum atomic E-state index is 12.0. The lowest BCUT2D eigenvalue weighted by molar-refractivity contribution is -0.167. The number of hydrogen-bond donors (Lipinski definition) is 1. The van der Waals surface area contributed by atoms with Crippen molar-refractivity contribution in [3.05, 3.63) is 24.3 Å². The first-order valence-corrected chi connectivity index (χ1v) is 8.11.